The third kappa shape index (κ3) is 3.05. The second-order valence-electron chi connectivity index (χ2n) is 4.22. The van der Waals surface area contributed by atoms with E-state index in [1.54, 1.807) is 0 Å². The van der Waals surface area contributed by atoms with Gasteiger partial charge in [0.2, 0.25) is 0 Å². The van der Waals surface area contributed by atoms with E-state index >= 15 is 0 Å². The number of esters is 1. The van der Waals surface area contributed by atoms with Crippen molar-refractivity contribution in [2.75, 3.05) is 20.2 Å². The van der Waals surface area contributed by atoms with Crippen LogP contribution in [0.2, 0.25) is 0 Å². The van der Waals surface area contributed by atoms with E-state index in [-0.39, 0.29) is 12.0 Å². The van der Waals surface area contributed by atoms with Crippen molar-refractivity contribution in [3.63, 3.8) is 0 Å². The Kier molecular flexibility index (Phi) is 4.12. The molecule has 1 aliphatic heterocycles. The zero-order valence-electron chi connectivity index (χ0n) is 9.98. The molecule has 1 aliphatic rings. The van der Waals surface area contributed by atoms with E-state index < -0.39 is 0 Å². The largest absolute Gasteiger partial charge is 0.468 e. The van der Waals surface area contributed by atoms with E-state index in [9.17, 15) is 4.79 Å². The molecule has 4 heteroatoms. The normalized spacial score (nSPS) is 21.1. The SMILES string of the molecule is COC(=O)[C@H](NC1CCNC1)c1ccccc1. The van der Waals surface area contributed by atoms with E-state index in [4.69, 9.17) is 4.74 Å². The summed E-state index contributed by atoms with van der Waals surface area (Å²) in [5, 5.41) is 6.62. The quantitative estimate of drug-likeness (QED) is 0.758. The van der Waals surface area contributed by atoms with Crippen molar-refractivity contribution in [3.05, 3.63) is 35.9 Å². The van der Waals surface area contributed by atoms with Gasteiger partial charge in [-0.1, -0.05) is 30.3 Å². The summed E-state index contributed by atoms with van der Waals surface area (Å²) in [5.74, 6) is -0.233. The number of hydrogen-bond donors (Lipinski definition) is 2. The predicted molar refractivity (Wildman–Crippen MR) is 65.6 cm³/mol. The van der Waals surface area contributed by atoms with Crippen molar-refractivity contribution in [2.45, 2.75) is 18.5 Å². The van der Waals surface area contributed by atoms with Gasteiger partial charge in [0.15, 0.2) is 0 Å². The maximum absolute atomic E-state index is 11.8. The first-order chi connectivity index (χ1) is 8.31. The lowest BCUT2D eigenvalue weighted by atomic mass is 10.1. The maximum atomic E-state index is 11.8. The maximum Gasteiger partial charge on any atom is 0.327 e. The van der Waals surface area contributed by atoms with Gasteiger partial charge in [-0.25, -0.2) is 4.79 Å². The van der Waals surface area contributed by atoms with Crippen molar-refractivity contribution in [1.29, 1.82) is 0 Å². The Bertz CT molecular complexity index is 361. The molecule has 1 fully saturated rings. The molecular weight excluding hydrogens is 216 g/mol. The van der Waals surface area contributed by atoms with E-state index in [1.165, 1.54) is 7.11 Å². The van der Waals surface area contributed by atoms with Crippen molar-refractivity contribution in [3.8, 4) is 0 Å². The topological polar surface area (TPSA) is 50.4 Å². The molecule has 0 aliphatic carbocycles. The summed E-state index contributed by atoms with van der Waals surface area (Å²) in [6.07, 6.45) is 1.04. The highest BCUT2D eigenvalue weighted by Crippen LogP contribution is 2.16. The van der Waals surface area contributed by atoms with Crippen molar-refractivity contribution < 1.29 is 9.53 Å². The molecule has 2 N–H and O–H groups in total. The van der Waals surface area contributed by atoms with Crippen LogP contribution in [-0.2, 0) is 9.53 Å². The van der Waals surface area contributed by atoms with Crippen molar-refractivity contribution in [1.82, 2.24) is 10.6 Å². The number of hydrogen-bond acceptors (Lipinski definition) is 4. The van der Waals surface area contributed by atoms with Gasteiger partial charge in [0.25, 0.3) is 0 Å². The number of rotatable bonds is 4. The molecule has 0 bridgehead atoms. The summed E-state index contributed by atoms with van der Waals surface area (Å²) >= 11 is 0. The Morgan fingerprint density at radius 2 is 2.24 bits per heavy atom. The molecule has 92 valence electrons. The summed E-state index contributed by atoms with van der Waals surface area (Å²) in [6, 6.07) is 9.65. The molecule has 0 aromatic heterocycles. The van der Waals surface area contributed by atoms with Gasteiger partial charge in [-0.15, -0.1) is 0 Å². The van der Waals surface area contributed by atoms with E-state index in [0.29, 0.717) is 6.04 Å². The molecule has 1 aromatic carbocycles. The Hall–Kier alpha value is -1.39. The highest BCUT2D eigenvalue weighted by molar-refractivity contribution is 5.77. The van der Waals surface area contributed by atoms with Crippen LogP contribution < -0.4 is 10.6 Å². The molecule has 0 saturated carbocycles. The molecule has 1 saturated heterocycles. The Morgan fingerprint density at radius 1 is 1.47 bits per heavy atom. The third-order valence-corrected chi connectivity index (χ3v) is 3.03. The molecule has 1 aromatic rings. The summed E-state index contributed by atoms with van der Waals surface area (Å²) < 4.78 is 4.86. The summed E-state index contributed by atoms with van der Waals surface area (Å²) in [5.41, 5.74) is 0.950. The number of nitrogens with one attached hydrogen (secondary N) is 2. The molecule has 0 radical (unpaired) electrons. The van der Waals surface area contributed by atoms with Gasteiger partial charge in [-0.05, 0) is 18.5 Å². The molecule has 1 heterocycles. The lowest BCUT2D eigenvalue weighted by Crippen LogP contribution is -2.38. The molecule has 17 heavy (non-hydrogen) atoms. The number of methoxy groups -OCH3 is 1. The summed E-state index contributed by atoms with van der Waals surface area (Å²) in [7, 11) is 1.42. The molecule has 1 unspecified atom stereocenters. The monoisotopic (exact) mass is 234 g/mol. The Balaban J connectivity index is 2.10. The first-order valence-electron chi connectivity index (χ1n) is 5.91. The first-order valence-corrected chi connectivity index (χ1v) is 5.91. The van der Waals surface area contributed by atoms with Gasteiger partial charge in [0.1, 0.15) is 6.04 Å². The molecule has 2 rings (SSSR count). The van der Waals surface area contributed by atoms with Crippen LogP contribution in [-0.4, -0.2) is 32.2 Å². The fourth-order valence-corrected chi connectivity index (χ4v) is 2.10. The van der Waals surface area contributed by atoms with Crippen molar-refractivity contribution in [2.24, 2.45) is 0 Å². The highest BCUT2D eigenvalue weighted by atomic mass is 16.5. The Labute approximate surface area is 101 Å². The zero-order chi connectivity index (χ0) is 12.1. The summed E-state index contributed by atoms with van der Waals surface area (Å²) in [4.78, 5) is 11.8. The fourth-order valence-electron chi connectivity index (χ4n) is 2.10. The van der Waals surface area contributed by atoms with Gasteiger partial charge in [0, 0.05) is 12.6 Å². The van der Waals surface area contributed by atoms with Crippen molar-refractivity contribution >= 4 is 5.97 Å². The molecule has 2 atom stereocenters. The second kappa shape index (κ2) is 5.80. The molecular formula is C13H18N2O2. The average Bonchev–Trinajstić information content (AvgIpc) is 2.89. The minimum Gasteiger partial charge on any atom is -0.468 e. The highest BCUT2D eigenvalue weighted by Gasteiger charge is 2.25. The Morgan fingerprint density at radius 3 is 2.82 bits per heavy atom. The van der Waals surface area contributed by atoms with E-state index in [1.807, 2.05) is 30.3 Å². The van der Waals surface area contributed by atoms with Crippen LogP contribution in [0.1, 0.15) is 18.0 Å². The number of ether oxygens (including phenoxy) is 1. The first kappa shape index (κ1) is 12.1. The van der Waals surface area contributed by atoms with Crippen LogP contribution in [0.3, 0.4) is 0 Å². The minimum absolute atomic E-state index is 0.233. The van der Waals surface area contributed by atoms with E-state index in [2.05, 4.69) is 10.6 Å². The second-order valence-corrected chi connectivity index (χ2v) is 4.22. The molecule has 4 nitrogen and oxygen atoms in total. The lowest BCUT2D eigenvalue weighted by Gasteiger charge is -2.20. The minimum atomic E-state index is -0.369. The number of carbonyl (C=O) groups excluding carboxylic acids is 1. The van der Waals surface area contributed by atoms with Crippen LogP contribution in [0.15, 0.2) is 30.3 Å². The number of carbonyl (C=O) groups is 1. The van der Waals surface area contributed by atoms with Crippen LogP contribution in [0.25, 0.3) is 0 Å². The predicted octanol–water partition coefficient (Wildman–Crippen LogP) is 0.852. The fraction of sp³-hybridized carbons (Fsp3) is 0.462. The van der Waals surface area contributed by atoms with Gasteiger partial charge in [0.05, 0.1) is 7.11 Å². The average molecular weight is 234 g/mol. The summed E-state index contributed by atoms with van der Waals surface area (Å²) in [6.45, 7) is 1.90. The van der Waals surface area contributed by atoms with Gasteiger partial charge in [-0.2, -0.15) is 0 Å². The third-order valence-electron chi connectivity index (χ3n) is 3.03. The van der Waals surface area contributed by atoms with Crippen LogP contribution in [0.5, 0.6) is 0 Å². The smallest absolute Gasteiger partial charge is 0.327 e. The van der Waals surface area contributed by atoms with E-state index in [0.717, 1.165) is 25.1 Å². The lowest BCUT2D eigenvalue weighted by molar-refractivity contribution is -0.143. The van der Waals surface area contributed by atoms with Gasteiger partial charge in [-0.3, -0.25) is 5.32 Å². The van der Waals surface area contributed by atoms with Gasteiger partial charge >= 0.3 is 5.97 Å². The van der Waals surface area contributed by atoms with Gasteiger partial charge < -0.3 is 10.1 Å². The van der Waals surface area contributed by atoms with Crippen LogP contribution >= 0.6 is 0 Å². The zero-order valence-corrected chi connectivity index (χ0v) is 9.98. The van der Waals surface area contributed by atoms with Crippen LogP contribution in [0, 0.1) is 0 Å². The molecule has 0 spiro atoms. The number of benzene rings is 1. The van der Waals surface area contributed by atoms with Crippen LogP contribution in [0.4, 0.5) is 0 Å². The standard InChI is InChI=1S/C13H18N2O2/c1-17-13(16)12(10-5-3-2-4-6-10)15-11-7-8-14-9-11/h2-6,11-12,14-15H,7-9H2,1H3/t11?,12-/m1/s1. The molecule has 0 amide bonds.